The SMILES string of the molecule is NC(=O)c1cccn2cc(-c3ccc4ccccc4n3)nc12. The van der Waals surface area contributed by atoms with Crippen LogP contribution in [0.3, 0.4) is 0 Å². The average molecular weight is 288 g/mol. The number of carbonyl (C=O) groups is 1. The summed E-state index contributed by atoms with van der Waals surface area (Å²) in [4.78, 5) is 20.6. The monoisotopic (exact) mass is 288 g/mol. The van der Waals surface area contributed by atoms with Gasteiger partial charge in [0.25, 0.3) is 5.91 Å². The van der Waals surface area contributed by atoms with E-state index in [9.17, 15) is 4.79 Å². The van der Waals surface area contributed by atoms with Crippen molar-refractivity contribution in [3.05, 3.63) is 66.5 Å². The smallest absolute Gasteiger partial charge is 0.252 e. The van der Waals surface area contributed by atoms with E-state index < -0.39 is 5.91 Å². The van der Waals surface area contributed by atoms with Crippen LogP contribution in [0.1, 0.15) is 10.4 Å². The minimum absolute atomic E-state index is 0.398. The summed E-state index contributed by atoms with van der Waals surface area (Å²) in [5.41, 5.74) is 8.71. The molecule has 22 heavy (non-hydrogen) atoms. The van der Waals surface area contributed by atoms with Gasteiger partial charge in [-0.2, -0.15) is 0 Å². The number of rotatable bonds is 2. The van der Waals surface area contributed by atoms with Crippen LogP contribution >= 0.6 is 0 Å². The lowest BCUT2D eigenvalue weighted by Crippen LogP contribution is -2.12. The van der Waals surface area contributed by atoms with Crippen molar-refractivity contribution in [1.82, 2.24) is 14.4 Å². The summed E-state index contributed by atoms with van der Waals surface area (Å²) in [6, 6.07) is 15.3. The first kappa shape index (κ1) is 12.5. The third kappa shape index (κ3) is 1.91. The minimum Gasteiger partial charge on any atom is -0.365 e. The number of hydrogen-bond donors (Lipinski definition) is 1. The number of pyridine rings is 2. The van der Waals surface area contributed by atoms with Crippen LogP contribution in [-0.4, -0.2) is 20.3 Å². The van der Waals surface area contributed by atoms with Gasteiger partial charge in [-0.3, -0.25) is 4.79 Å². The first-order valence-corrected chi connectivity index (χ1v) is 6.86. The van der Waals surface area contributed by atoms with Crippen LogP contribution in [0.5, 0.6) is 0 Å². The summed E-state index contributed by atoms with van der Waals surface area (Å²) in [5.74, 6) is -0.491. The normalized spacial score (nSPS) is 11.1. The minimum atomic E-state index is -0.491. The molecule has 0 bridgehead atoms. The van der Waals surface area contributed by atoms with Crippen molar-refractivity contribution < 1.29 is 4.79 Å². The Kier molecular flexibility index (Phi) is 2.66. The number of nitrogens with zero attached hydrogens (tertiary/aromatic N) is 3. The van der Waals surface area contributed by atoms with Gasteiger partial charge < -0.3 is 10.1 Å². The lowest BCUT2D eigenvalue weighted by molar-refractivity contribution is 0.100. The highest BCUT2D eigenvalue weighted by Gasteiger charge is 2.12. The van der Waals surface area contributed by atoms with E-state index in [0.29, 0.717) is 16.9 Å². The van der Waals surface area contributed by atoms with E-state index in [1.54, 1.807) is 16.5 Å². The number of para-hydroxylation sites is 1. The van der Waals surface area contributed by atoms with Crippen molar-refractivity contribution >= 4 is 22.5 Å². The maximum Gasteiger partial charge on any atom is 0.252 e. The third-order valence-electron chi connectivity index (χ3n) is 3.61. The van der Waals surface area contributed by atoms with Crippen LogP contribution in [0.25, 0.3) is 27.9 Å². The van der Waals surface area contributed by atoms with Crippen LogP contribution in [0, 0.1) is 0 Å². The van der Waals surface area contributed by atoms with E-state index in [4.69, 9.17) is 5.73 Å². The maximum atomic E-state index is 11.5. The molecule has 3 heterocycles. The highest BCUT2D eigenvalue weighted by molar-refractivity contribution is 5.99. The summed E-state index contributed by atoms with van der Waals surface area (Å²) in [5, 5.41) is 1.08. The number of imidazole rings is 1. The summed E-state index contributed by atoms with van der Waals surface area (Å²) >= 11 is 0. The number of primary amides is 1. The Hall–Kier alpha value is -3.21. The Balaban J connectivity index is 1.92. The number of amides is 1. The topological polar surface area (TPSA) is 73.3 Å². The molecule has 3 aromatic heterocycles. The first-order valence-electron chi connectivity index (χ1n) is 6.86. The van der Waals surface area contributed by atoms with Crippen LogP contribution in [0.4, 0.5) is 0 Å². The molecule has 106 valence electrons. The molecule has 4 aromatic rings. The summed E-state index contributed by atoms with van der Waals surface area (Å²) in [6.45, 7) is 0. The molecule has 4 rings (SSSR count). The van der Waals surface area contributed by atoms with E-state index in [2.05, 4.69) is 9.97 Å². The van der Waals surface area contributed by atoms with Gasteiger partial charge >= 0.3 is 0 Å². The Morgan fingerprint density at radius 1 is 0.955 bits per heavy atom. The van der Waals surface area contributed by atoms with Crippen LogP contribution < -0.4 is 5.73 Å². The molecule has 5 nitrogen and oxygen atoms in total. The van der Waals surface area contributed by atoms with Crippen molar-refractivity contribution in [1.29, 1.82) is 0 Å². The van der Waals surface area contributed by atoms with Gasteiger partial charge in [0.05, 0.1) is 16.8 Å². The first-order chi connectivity index (χ1) is 10.7. The number of carbonyl (C=O) groups excluding carboxylic acids is 1. The molecular formula is C17H12N4O. The number of benzene rings is 1. The molecule has 0 saturated carbocycles. The molecule has 1 amide bonds. The molecule has 0 fully saturated rings. The van der Waals surface area contributed by atoms with Crippen LogP contribution in [0.2, 0.25) is 0 Å². The fraction of sp³-hybridized carbons (Fsp3) is 0. The van der Waals surface area contributed by atoms with Gasteiger partial charge in [-0.25, -0.2) is 9.97 Å². The highest BCUT2D eigenvalue weighted by Crippen LogP contribution is 2.22. The molecule has 1 aromatic carbocycles. The van der Waals surface area contributed by atoms with Crippen molar-refractivity contribution in [2.75, 3.05) is 0 Å². The standard InChI is InChI=1S/C17H12N4O/c18-16(22)12-5-3-9-21-10-15(20-17(12)21)14-8-7-11-4-1-2-6-13(11)19-14/h1-10H,(H2,18,22). The predicted octanol–water partition coefficient (Wildman–Crippen LogP) is 2.65. The number of nitrogens with two attached hydrogens (primary N) is 1. The fourth-order valence-corrected chi connectivity index (χ4v) is 2.54. The van der Waals surface area contributed by atoms with Crippen molar-refractivity contribution in [3.63, 3.8) is 0 Å². The molecule has 0 aliphatic rings. The fourth-order valence-electron chi connectivity index (χ4n) is 2.54. The van der Waals surface area contributed by atoms with Crippen molar-refractivity contribution in [3.8, 4) is 11.4 Å². The molecule has 0 unspecified atom stereocenters. The zero-order valence-electron chi connectivity index (χ0n) is 11.6. The van der Waals surface area contributed by atoms with Gasteiger partial charge in [-0.15, -0.1) is 0 Å². The number of hydrogen-bond acceptors (Lipinski definition) is 3. The molecule has 0 aliphatic heterocycles. The van der Waals surface area contributed by atoms with Gasteiger partial charge in [0.2, 0.25) is 0 Å². The second-order valence-electron chi connectivity index (χ2n) is 5.03. The maximum absolute atomic E-state index is 11.5. The zero-order valence-corrected chi connectivity index (χ0v) is 11.6. The molecule has 5 heteroatoms. The third-order valence-corrected chi connectivity index (χ3v) is 3.61. The van der Waals surface area contributed by atoms with Gasteiger partial charge in [-0.05, 0) is 24.3 Å². The van der Waals surface area contributed by atoms with E-state index in [1.807, 2.05) is 48.8 Å². The van der Waals surface area contributed by atoms with E-state index in [0.717, 1.165) is 16.6 Å². The van der Waals surface area contributed by atoms with Crippen LogP contribution in [0.15, 0.2) is 60.9 Å². The van der Waals surface area contributed by atoms with Crippen LogP contribution in [-0.2, 0) is 0 Å². The summed E-state index contributed by atoms with van der Waals surface area (Å²) in [6.07, 6.45) is 3.68. The molecule has 0 radical (unpaired) electrons. The lowest BCUT2D eigenvalue weighted by Gasteiger charge is -1.99. The van der Waals surface area contributed by atoms with Gasteiger partial charge in [-0.1, -0.05) is 24.3 Å². The Bertz CT molecular complexity index is 1020. The molecular weight excluding hydrogens is 276 g/mol. The van der Waals surface area contributed by atoms with Crippen molar-refractivity contribution in [2.24, 2.45) is 5.73 Å². The highest BCUT2D eigenvalue weighted by atomic mass is 16.1. The molecule has 0 atom stereocenters. The quantitative estimate of drug-likeness (QED) is 0.616. The molecule has 0 aliphatic carbocycles. The Morgan fingerprint density at radius 3 is 2.68 bits per heavy atom. The molecule has 0 spiro atoms. The largest absolute Gasteiger partial charge is 0.365 e. The molecule has 2 N–H and O–H groups in total. The number of aromatic nitrogens is 3. The van der Waals surface area contributed by atoms with Crippen molar-refractivity contribution in [2.45, 2.75) is 0 Å². The predicted molar refractivity (Wildman–Crippen MR) is 84.4 cm³/mol. The van der Waals surface area contributed by atoms with Gasteiger partial charge in [0, 0.05) is 17.8 Å². The second kappa shape index (κ2) is 4.66. The van der Waals surface area contributed by atoms with E-state index >= 15 is 0 Å². The van der Waals surface area contributed by atoms with E-state index in [-0.39, 0.29) is 0 Å². The van der Waals surface area contributed by atoms with Gasteiger partial charge in [0.1, 0.15) is 11.3 Å². The second-order valence-corrected chi connectivity index (χ2v) is 5.03. The zero-order chi connectivity index (χ0) is 15.1. The summed E-state index contributed by atoms with van der Waals surface area (Å²) < 4.78 is 1.78. The van der Waals surface area contributed by atoms with E-state index in [1.165, 1.54) is 0 Å². The Labute approximate surface area is 126 Å². The Morgan fingerprint density at radius 2 is 1.82 bits per heavy atom. The number of fused-ring (bicyclic) bond motifs is 2. The summed E-state index contributed by atoms with van der Waals surface area (Å²) in [7, 11) is 0. The molecule has 0 saturated heterocycles. The average Bonchev–Trinajstić information content (AvgIpc) is 2.98. The lowest BCUT2D eigenvalue weighted by atomic mass is 10.2. The van der Waals surface area contributed by atoms with Gasteiger partial charge in [0.15, 0.2) is 0 Å².